The lowest BCUT2D eigenvalue weighted by Gasteiger charge is -2.18. The molecule has 1 aliphatic rings. The molecule has 0 radical (unpaired) electrons. The third-order valence-corrected chi connectivity index (χ3v) is 5.99. The average Bonchev–Trinajstić information content (AvgIpc) is 2.92. The molecule has 1 heterocycles. The Morgan fingerprint density at radius 1 is 1.07 bits per heavy atom. The molecule has 0 atom stereocenters. The van der Waals surface area contributed by atoms with Gasteiger partial charge in [-0.25, -0.2) is 4.90 Å². The monoisotopic (exact) mass is 429 g/mol. The summed E-state index contributed by atoms with van der Waals surface area (Å²) in [7, 11) is 0. The standard InChI is InChI=1S/C23H24ClNO3S/c1-5-13-28-17-11-9-16(10-12-17)20-21(29-14(2)3)23(27)25(22(20)26)19-8-6-7-18(24)15(19)4/h6-12,14H,5,13H2,1-4H3. The lowest BCUT2D eigenvalue weighted by molar-refractivity contribution is -0.119. The summed E-state index contributed by atoms with van der Waals surface area (Å²) in [5, 5.41) is 0.677. The zero-order chi connectivity index (χ0) is 21.1. The summed E-state index contributed by atoms with van der Waals surface area (Å²) in [6, 6.07) is 12.6. The van der Waals surface area contributed by atoms with Crippen LogP contribution in [0.1, 0.15) is 38.3 Å². The van der Waals surface area contributed by atoms with Crippen molar-refractivity contribution in [3.63, 3.8) is 0 Å². The number of hydrogen-bond acceptors (Lipinski definition) is 4. The second kappa shape index (κ2) is 9.06. The van der Waals surface area contributed by atoms with Gasteiger partial charge in [0.25, 0.3) is 11.8 Å². The number of carbonyl (C=O) groups is 2. The number of rotatable bonds is 7. The minimum Gasteiger partial charge on any atom is -0.494 e. The molecule has 0 spiro atoms. The van der Waals surface area contributed by atoms with Gasteiger partial charge in [0.15, 0.2) is 0 Å². The van der Waals surface area contributed by atoms with E-state index < -0.39 is 0 Å². The van der Waals surface area contributed by atoms with Gasteiger partial charge in [-0.15, -0.1) is 11.8 Å². The van der Waals surface area contributed by atoms with Gasteiger partial charge in [-0.2, -0.15) is 0 Å². The van der Waals surface area contributed by atoms with Gasteiger partial charge in [-0.05, 0) is 48.7 Å². The fourth-order valence-electron chi connectivity index (χ4n) is 3.10. The van der Waals surface area contributed by atoms with Crippen molar-refractivity contribution in [1.82, 2.24) is 0 Å². The fraction of sp³-hybridized carbons (Fsp3) is 0.304. The smallest absolute Gasteiger partial charge is 0.272 e. The van der Waals surface area contributed by atoms with Gasteiger partial charge in [-0.3, -0.25) is 9.59 Å². The first-order valence-electron chi connectivity index (χ1n) is 9.63. The highest BCUT2D eigenvalue weighted by Gasteiger charge is 2.41. The molecule has 0 saturated heterocycles. The van der Waals surface area contributed by atoms with Crippen molar-refractivity contribution in [2.45, 2.75) is 39.4 Å². The third-order valence-electron chi connectivity index (χ3n) is 4.49. The maximum atomic E-state index is 13.4. The van der Waals surface area contributed by atoms with Crippen LogP contribution in [0.15, 0.2) is 47.4 Å². The molecule has 2 aromatic carbocycles. The van der Waals surface area contributed by atoms with Gasteiger partial charge in [-0.1, -0.05) is 50.6 Å². The summed E-state index contributed by atoms with van der Waals surface area (Å²) in [4.78, 5) is 28.4. The molecule has 3 rings (SSSR count). The van der Waals surface area contributed by atoms with E-state index in [2.05, 4.69) is 0 Å². The number of anilines is 1. The van der Waals surface area contributed by atoms with Gasteiger partial charge < -0.3 is 4.74 Å². The minimum atomic E-state index is -0.328. The quantitative estimate of drug-likeness (QED) is 0.517. The predicted molar refractivity (Wildman–Crippen MR) is 121 cm³/mol. The average molecular weight is 430 g/mol. The van der Waals surface area contributed by atoms with Crippen LogP contribution in [0.3, 0.4) is 0 Å². The Kier molecular flexibility index (Phi) is 6.70. The lowest BCUT2D eigenvalue weighted by Crippen LogP contribution is -2.32. The number of hydrogen-bond donors (Lipinski definition) is 0. The normalized spacial score (nSPS) is 14.3. The van der Waals surface area contributed by atoms with Crippen molar-refractivity contribution in [3.05, 3.63) is 63.5 Å². The van der Waals surface area contributed by atoms with Crippen LogP contribution < -0.4 is 9.64 Å². The van der Waals surface area contributed by atoms with E-state index >= 15 is 0 Å². The summed E-state index contributed by atoms with van der Waals surface area (Å²) in [6.45, 7) is 8.49. The lowest BCUT2D eigenvalue weighted by atomic mass is 10.1. The Labute approximate surface area is 180 Å². The molecular formula is C23H24ClNO3S. The molecule has 0 aromatic heterocycles. The van der Waals surface area contributed by atoms with Crippen LogP contribution in [0.5, 0.6) is 5.75 Å². The van der Waals surface area contributed by atoms with Gasteiger partial charge in [0.1, 0.15) is 5.75 Å². The molecule has 2 aromatic rings. The van der Waals surface area contributed by atoms with Gasteiger partial charge in [0.05, 0.1) is 22.8 Å². The van der Waals surface area contributed by atoms with Crippen molar-refractivity contribution in [3.8, 4) is 5.75 Å². The number of carbonyl (C=O) groups excluding carboxylic acids is 2. The molecule has 152 valence electrons. The van der Waals surface area contributed by atoms with Crippen LogP contribution in [0.2, 0.25) is 5.02 Å². The fourth-order valence-corrected chi connectivity index (χ4v) is 4.26. The summed E-state index contributed by atoms with van der Waals surface area (Å²) in [5.41, 5.74) is 2.36. The van der Waals surface area contributed by atoms with Crippen molar-refractivity contribution >= 4 is 46.4 Å². The van der Waals surface area contributed by atoms with Crippen LogP contribution in [0, 0.1) is 6.92 Å². The minimum absolute atomic E-state index is 0.157. The molecule has 0 bridgehead atoms. The second-order valence-corrected chi connectivity index (χ2v) is 9.07. The summed E-state index contributed by atoms with van der Waals surface area (Å²) in [6.07, 6.45) is 0.920. The van der Waals surface area contributed by atoms with Crippen molar-refractivity contribution < 1.29 is 14.3 Å². The Morgan fingerprint density at radius 3 is 2.38 bits per heavy atom. The summed E-state index contributed by atoms with van der Waals surface area (Å²) in [5.74, 6) is 0.111. The van der Waals surface area contributed by atoms with Crippen LogP contribution in [-0.4, -0.2) is 23.7 Å². The molecule has 0 saturated carbocycles. The van der Waals surface area contributed by atoms with Crippen LogP contribution >= 0.6 is 23.4 Å². The first-order chi connectivity index (χ1) is 13.8. The topological polar surface area (TPSA) is 46.6 Å². The van der Waals surface area contributed by atoms with Crippen LogP contribution in [0.25, 0.3) is 5.57 Å². The van der Waals surface area contributed by atoms with E-state index in [9.17, 15) is 9.59 Å². The molecule has 0 aliphatic carbocycles. The maximum Gasteiger partial charge on any atom is 0.272 e. The number of amides is 2. The van der Waals surface area contributed by atoms with Crippen molar-refractivity contribution in [2.75, 3.05) is 11.5 Å². The maximum absolute atomic E-state index is 13.4. The number of benzene rings is 2. The van der Waals surface area contributed by atoms with E-state index in [0.717, 1.165) is 12.2 Å². The van der Waals surface area contributed by atoms with Gasteiger partial charge >= 0.3 is 0 Å². The highest BCUT2D eigenvalue weighted by molar-refractivity contribution is 8.04. The first kappa shape index (κ1) is 21.5. The highest BCUT2D eigenvalue weighted by Crippen LogP contribution is 2.41. The Balaban J connectivity index is 2.04. The van der Waals surface area contributed by atoms with Crippen molar-refractivity contribution in [1.29, 1.82) is 0 Å². The van der Waals surface area contributed by atoms with E-state index in [4.69, 9.17) is 16.3 Å². The Hall–Kier alpha value is -2.24. The molecule has 1 aliphatic heterocycles. The highest BCUT2D eigenvalue weighted by atomic mass is 35.5. The number of imide groups is 1. The molecule has 2 amide bonds. The van der Waals surface area contributed by atoms with Crippen molar-refractivity contribution in [2.24, 2.45) is 0 Å². The van der Waals surface area contributed by atoms with Gasteiger partial charge in [0.2, 0.25) is 0 Å². The van der Waals surface area contributed by atoms with E-state index in [-0.39, 0.29) is 17.1 Å². The molecule has 0 N–H and O–H groups in total. The number of ether oxygens (including phenoxy) is 1. The van der Waals surface area contributed by atoms with E-state index in [1.807, 2.05) is 52.0 Å². The molecule has 29 heavy (non-hydrogen) atoms. The molecular weight excluding hydrogens is 406 g/mol. The zero-order valence-electron chi connectivity index (χ0n) is 17.0. The zero-order valence-corrected chi connectivity index (χ0v) is 18.6. The van der Waals surface area contributed by atoms with E-state index in [0.29, 0.717) is 38.9 Å². The van der Waals surface area contributed by atoms with Gasteiger partial charge in [0, 0.05) is 10.3 Å². The molecule has 6 heteroatoms. The molecule has 0 fully saturated rings. The SMILES string of the molecule is CCCOc1ccc(C2=C(SC(C)C)C(=O)N(c3cccc(Cl)c3C)C2=O)cc1. The predicted octanol–water partition coefficient (Wildman–Crippen LogP) is 5.86. The van der Waals surface area contributed by atoms with Crippen LogP contribution in [0.4, 0.5) is 5.69 Å². The number of halogens is 1. The Morgan fingerprint density at radius 2 is 1.76 bits per heavy atom. The van der Waals surface area contributed by atoms with E-state index in [1.54, 1.807) is 18.2 Å². The second-order valence-electron chi connectivity index (χ2n) is 7.07. The third kappa shape index (κ3) is 4.36. The molecule has 0 unspecified atom stereocenters. The first-order valence-corrected chi connectivity index (χ1v) is 10.9. The Bertz CT molecular complexity index is 967. The molecule has 4 nitrogen and oxygen atoms in total. The summed E-state index contributed by atoms with van der Waals surface area (Å²) < 4.78 is 5.63. The van der Waals surface area contributed by atoms with Crippen LogP contribution in [-0.2, 0) is 9.59 Å². The number of nitrogens with zero attached hydrogens (tertiary/aromatic N) is 1. The largest absolute Gasteiger partial charge is 0.494 e. The summed E-state index contributed by atoms with van der Waals surface area (Å²) >= 11 is 7.65. The van der Waals surface area contributed by atoms with E-state index in [1.165, 1.54) is 16.7 Å². The number of thioether (sulfide) groups is 1.